The van der Waals surface area contributed by atoms with Gasteiger partial charge in [0.1, 0.15) is 11.2 Å². The van der Waals surface area contributed by atoms with E-state index in [1.54, 1.807) is 0 Å². The lowest BCUT2D eigenvalue weighted by Gasteiger charge is -2.26. The minimum Gasteiger partial charge on any atom is -0.456 e. The van der Waals surface area contributed by atoms with Gasteiger partial charge < -0.3 is 9.32 Å². The van der Waals surface area contributed by atoms with Crippen LogP contribution >= 0.6 is 0 Å². The van der Waals surface area contributed by atoms with Crippen LogP contribution < -0.4 is 4.90 Å². The SMILES string of the molecule is c1cc(-c2cccc3ccccc23)cc(N(c2ccc(-c3ccc(-c4cccc5c4ccc4ccccc45)cc3)cc2)c2ccc(-c3cccc4oc5ccccc5c34)cc2)c1. The van der Waals surface area contributed by atoms with Gasteiger partial charge in [-0.15, -0.1) is 0 Å². The van der Waals surface area contributed by atoms with Gasteiger partial charge in [0.15, 0.2) is 0 Å². The fourth-order valence-corrected chi connectivity index (χ4v) is 9.48. The van der Waals surface area contributed by atoms with Crippen molar-refractivity contribution in [2.24, 2.45) is 0 Å². The van der Waals surface area contributed by atoms with Crippen LogP contribution in [0.5, 0.6) is 0 Å². The Hall–Kier alpha value is -8.20. The lowest BCUT2D eigenvalue weighted by atomic mass is 9.93. The largest absolute Gasteiger partial charge is 0.456 e. The molecule has 0 unspecified atom stereocenters. The summed E-state index contributed by atoms with van der Waals surface area (Å²) in [5, 5.41) is 9.86. The van der Waals surface area contributed by atoms with Gasteiger partial charge in [-0.25, -0.2) is 0 Å². The molecular formula is C60H39NO. The summed E-state index contributed by atoms with van der Waals surface area (Å²) >= 11 is 0. The average molecular weight is 790 g/mol. The summed E-state index contributed by atoms with van der Waals surface area (Å²) in [5.41, 5.74) is 14.6. The highest BCUT2D eigenvalue weighted by Gasteiger charge is 2.17. The number of furan rings is 1. The lowest BCUT2D eigenvalue weighted by Crippen LogP contribution is -2.10. The molecule has 2 nitrogen and oxygen atoms in total. The van der Waals surface area contributed by atoms with E-state index in [4.69, 9.17) is 4.42 Å². The van der Waals surface area contributed by atoms with Gasteiger partial charge in [0.25, 0.3) is 0 Å². The molecule has 290 valence electrons. The first-order chi connectivity index (χ1) is 30.7. The van der Waals surface area contributed by atoms with Gasteiger partial charge in [-0.05, 0) is 125 Å². The second-order valence-electron chi connectivity index (χ2n) is 16.0. The molecular weight excluding hydrogens is 751 g/mol. The van der Waals surface area contributed by atoms with Gasteiger partial charge in [0.05, 0.1) is 0 Å². The fourth-order valence-electron chi connectivity index (χ4n) is 9.48. The van der Waals surface area contributed by atoms with Crippen molar-refractivity contribution in [2.45, 2.75) is 0 Å². The molecule has 0 aliphatic rings. The highest BCUT2D eigenvalue weighted by molar-refractivity contribution is 6.13. The van der Waals surface area contributed by atoms with Crippen molar-refractivity contribution in [3.63, 3.8) is 0 Å². The van der Waals surface area contributed by atoms with Crippen molar-refractivity contribution in [3.8, 4) is 44.5 Å². The van der Waals surface area contributed by atoms with Crippen LogP contribution in [0, 0.1) is 0 Å². The van der Waals surface area contributed by atoms with Crippen molar-refractivity contribution in [1.82, 2.24) is 0 Å². The minimum atomic E-state index is 0.900. The molecule has 0 atom stereocenters. The molecule has 1 heterocycles. The number of anilines is 3. The van der Waals surface area contributed by atoms with E-state index in [2.05, 4.69) is 229 Å². The Morgan fingerprint density at radius 3 is 1.53 bits per heavy atom. The molecule has 0 N–H and O–H groups in total. The van der Waals surface area contributed by atoms with Crippen molar-refractivity contribution in [2.75, 3.05) is 4.90 Å². The van der Waals surface area contributed by atoms with Crippen molar-refractivity contribution in [1.29, 1.82) is 0 Å². The summed E-state index contributed by atoms with van der Waals surface area (Å²) in [6, 6.07) is 85.5. The standard InChI is InChI=1S/C60H39NO/c1-3-16-50-42(11-1)13-8-19-53(50)46-14-7-15-49(39-46)61(48-36-31-45(32-37-48)54-21-10-24-59-60(54)57-18-5-6-23-58(57)62-59)47-34-29-41(30-35-47)40-25-27-44(28-26-40)52-20-9-22-55-51-17-4-2-12-43(51)33-38-56(52)55/h1-39H. The molecule has 0 fully saturated rings. The molecule has 0 saturated carbocycles. The summed E-state index contributed by atoms with van der Waals surface area (Å²) in [6.07, 6.45) is 0. The minimum absolute atomic E-state index is 0.900. The molecule has 0 saturated heterocycles. The zero-order chi connectivity index (χ0) is 41.0. The number of rotatable bonds is 7. The first-order valence-electron chi connectivity index (χ1n) is 21.2. The maximum atomic E-state index is 6.25. The topological polar surface area (TPSA) is 16.4 Å². The average Bonchev–Trinajstić information content (AvgIpc) is 3.73. The van der Waals surface area contributed by atoms with Gasteiger partial charge in [0, 0.05) is 27.8 Å². The van der Waals surface area contributed by atoms with Gasteiger partial charge in [-0.3, -0.25) is 0 Å². The molecule has 2 heteroatoms. The Morgan fingerprint density at radius 1 is 0.258 bits per heavy atom. The van der Waals surface area contributed by atoms with Crippen molar-refractivity contribution in [3.05, 3.63) is 237 Å². The summed E-state index contributed by atoms with van der Waals surface area (Å²) < 4.78 is 6.25. The second kappa shape index (κ2) is 14.8. The van der Waals surface area contributed by atoms with E-state index < -0.39 is 0 Å². The summed E-state index contributed by atoms with van der Waals surface area (Å²) in [5.74, 6) is 0. The quantitative estimate of drug-likeness (QED) is 0.150. The van der Waals surface area contributed by atoms with Gasteiger partial charge in [-0.1, -0.05) is 188 Å². The Bertz CT molecular complexity index is 3610. The van der Waals surface area contributed by atoms with Crippen LogP contribution in [0.3, 0.4) is 0 Å². The Labute approximate surface area is 360 Å². The Morgan fingerprint density at radius 2 is 0.758 bits per heavy atom. The monoisotopic (exact) mass is 789 g/mol. The molecule has 0 amide bonds. The first kappa shape index (κ1) is 35.7. The van der Waals surface area contributed by atoms with Crippen LogP contribution in [-0.4, -0.2) is 0 Å². The number of para-hydroxylation sites is 1. The van der Waals surface area contributed by atoms with E-state index in [0.717, 1.165) is 50.1 Å². The zero-order valence-corrected chi connectivity index (χ0v) is 33.9. The molecule has 11 aromatic carbocycles. The highest BCUT2D eigenvalue weighted by atomic mass is 16.3. The molecule has 1 aromatic heterocycles. The zero-order valence-electron chi connectivity index (χ0n) is 33.9. The van der Waals surface area contributed by atoms with E-state index in [9.17, 15) is 0 Å². The van der Waals surface area contributed by atoms with Crippen LogP contribution in [0.25, 0.3) is 98.8 Å². The fraction of sp³-hybridized carbons (Fsp3) is 0. The summed E-state index contributed by atoms with van der Waals surface area (Å²) in [6.45, 7) is 0. The summed E-state index contributed by atoms with van der Waals surface area (Å²) in [4.78, 5) is 2.36. The third-order valence-corrected chi connectivity index (χ3v) is 12.5. The van der Waals surface area contributed by atoms with Crippen LogP contribution in [-0.2, 0) is 0 Å². The molecule has 12 rings (SSSR count). The molecule has 0 aliphatic carbocycles. The molecule has 62 heavy (non-hydrogen) atoms. The van der Waals surface area contributed by atoms with E-state index in [1.165, 1.54) is 65.7 Å². The van der Waals surface area contributed by atoms with Crippen LogP contribution in [0.1, 0.15) is 0 Å². The maximum absolute atomic E-state index is 6.25. The predicted octanol–water partition coefficient (Wildman–Crippen LogP) is 17.2. The third-order valence-electron chi connectivity index (χ3n) is 12.5. The third kappa shape index (κ3) is 6.12. The van der Waals surface area contributed by atoms with Crippen LogP contribution in [0.2, 0.25) is 0 Å². The number of benzene rings is 11. The molecule has 12 aromatic rings. The predicted molar refractivity (Wildman–Crippen MR) is 263 cm³/mol. The van der Waals surface area contributed by atoms with Gasteiger partial charge in [0.2, 0.25) is 0 Å². The van der Waals surface area contributed by atoms with E-state index in [-0.39, 0.29) is 0 Å². The lowest BCUT2D eigenvalue weighted by molar-refractivity contribution is 0.669. The molecule has 0 radical (unpaired) electrons. The maximum Gasteiger partial charge on any atom is 0.136 e. The number of hydrogen-bond acceptors (Lipinski definition) is 2. The highest BCUT2D eigenvalue weighted by Crippen LogP contribution is 2.42. The van der Waals surface area contributed by atoms with Crippen molar-refractivity contribution >= 4 is 71.3 Å². The Balaban J connectivity index is 0.921. The molecule has 0 bridgehead atoms. The van der Waals surface area contributed by atoms with E-state index in [1.807, 2.05) is 12.1 Å². The smallest absolute Gasteiger partial charge is 0.136 e. The molecule has 0 aliphatic heterocycles. The Kier molecular flexibility index (Phi) is 8.53. The molecule has 0 spiro atoms. The van der Waals surface area contributed by atoms with Crippen molar-refractivity contribution < 1.29 is 4.42 Å². The number of hydrogen-bond donors (Lipinski definition) is 0. The van der Waals surface area contributed by atoms with Gasteiger partial charge in [-0.2, -0.15) is 0 Å². The van der Waals surface area contributed by atoms with Crippen LogP contribution in [0.4, 0.5) is 17.1 Å². The van der Waals surface area contributed by atoms with E-state index >= 15 is 0 Å². The van der Waals surface area contributed by atoms with Crippen LogP contribution in [0.15, 0.2) is 241 Å². The first-order valence-corrected chi connectivity index (χ1v) is 21.2. The second-order valence-corrected chi connectivity index (χ2v) is 16.0. The summed E-state index contributed by atoms with van der Waals surface area (Å²) in [7, 11) is 0. The van der Waals surface area contributed by atoms with E-state index in [0.29, 0.717) is 0 Å². The van der Waals surface area contributed by atoms with Gasteiger partial charge >= 0.3 is 0 Å². The normalized spacial score (nSPS) is 11.5. The number of fused-ring (bicyclic) bond motifs is 7. The number of nitrogens with zero attached hydrogens (tertiary/aromatic N) is 1.